The van der Waals surface area contributed by atoms with Gasteiger partial charge in [-0.2, -0.15) is 0 Å². The monoisotopic (exact) mass is 946 g/mol. The van der Waals surface area contributed by atoms with E-state index in [-0.39, 0.29) is 25.9 Å². The molecule has 0 amide bonds. The van der Waals surface area contributed by atoms with Crippen molar-refractivity contribution >= 4 is 40.7 Å². The Morgan fingerprint density at radius 3 is 1.85 bits per heavy atom. The summed E-state index contributed by atoms with van der Waals surface area (Å²) >= 11 is 18.3. The van der Waals surface area contributed by atoms with E-state index >= 15 is 0 Å². The first kappa shape index (κ1) is 53.8. The molecule has 0 aromatic carbocycles. The van der Waals surface area contributed by atoms with Gasteiger partial charge in [0, 0.05) is 37.9 Å². The fraction of sp³-hybridized carbons (Fsp3) is 0.976. The van der Waals surface area contributed by atoms with Crippen LogP contribution in [0.15, 0.2) is 5.11 Å². The van der Waals surface area contributed by atoms with Crippen LogP contribution in [0.3, 0.4) is 0 Å². The summed E-state index contributed by atoms with van der Waals surface area (Å²) in [6.07, 6.45) is -2.14. The maximum atomic E-state index is 9.79. The second-order valence-corrected chi connectivity index (χ2v) is 18.9. The number of ether oxygens (including phenoxy) is 13. The summed E-state index contributed by atoms with van der Waals surface area (Å²) in [5.41, 5.74) is 9.79. The molecule has 360 valence electrons. The summed E-state index contributed by atoms with van der Waals surface area (Å²) in [6.45, 7) is 18.5. The summed E-state index contributed by atoms with van der Waals surface area (Å²) in [7, 11) is 0. The average Bonchev–Trinajstić information content (AvgIpc) is 3.56. The second-order valence-electron chi connectivity index (χ2n) is 16.6. The summed E-state index contributed by atoms with van der Waals surface area (Å²) in [6, 6.07) is -0.953. The highest BCUT2D eigenvalue weighted by atomic mass is 35.6. The quantitative estimate of drug-likeness (QED) is 0.0157. The SMILES string of the molecule is CCCCOC[C@H]1O[C@H](OC(=N)C(Cl)(Cl)Cl)C(O[C@@H]2O[C@H](C)[C@H](O[C@@H]3OC[C@@H](OCCCC)C(OCCCC)C3OCCCC)C3OC(C)(C)OC32)C(OCCCC)[C@H]1N=[N+]=[N-]. The molecule has 4 fully saturated rings. The molecule has 62 heavy (non-hydrogen) atoms. The van der Waals surface area contributed by atoms with Crippen molar-refractivity contribution in [1.29, 1.82) is 5.41 Å². The Bertz CT molecular complexity index is 1350. The topological polar surface area (TPSA) is 193 Å². The van der Waals surface area contributed by atoms with Gasteiger partial charge in [0.05, 0.1) is 31.5 Å². The third-order valence-corrected chi connectivity index (χ3v) is 11.5. The minimum atomic E-state index is -2.24. The van der Waals surface area contributed by atoms with Crippen LogP contribution in [0.5, 0.6) is 0 Å². The van der Waals surface area contributed by atoms with Gasteiger partial charge < -0.3 is 61.6 Å². The molecule has 4 rings (SSSR count). The first-order valence-electron chi connectivity index (χ1n) is 22.7. The van der Waals surface area contributed by atoms with Crippen LogP contribution in [0.1, 0.15) is 120 Å². The van der Waals surface area contributed by atoms with E-state index in [1.807, 2.05) is 20.8 Å². The minimum Gasteiger partial charge on any atom is -0.445 e. The molecule has 6 unspecified atom stereocenters. The average molecular weight is 948 g/mol. The highest BCUT2D eigenvalue weighted by Gasteiger charge is 2.59. The van der Waals surface area contributed by atoms with Crippen LogP contribution < -0.4 is 0 Å². The van der Waals surface area contributed by atoms with Crippen molar-refractivity contribution in [2.75, 3.05) is 46.2 Å². The normalized spacial score (nSPS) is 34.7. The fourth-order valence-electron chi connectivity index (χ4n) is 7.66. The van der Waals surface area contributed by atoms with Crippen LogP contribution in [0.4, 0.5) is 0 Å². The molecule has 4 heterocycles. The van der Waals surface area contributed by atoms with Crippen LogP contribution in [-0.4, -0.2) is 148 Å². The van der Waals surface area contributed by atoms with Crippen LogP contribution in [-0.2, 0) is 61.6 Å². The van der Waals surface area contributed by atoms with E-state index in [1.165, 1.54) is 0 Å². The molecule has 4 aliphatic heterocycles. The van der Waals surface area contributed by atoms with Crippen molar-refractivity contribution in [2.24, 2.45) is 5.11 Å². The minimum absolute atomic E-state index is 0.0271. The van der Waals surface area contributed by atoms with E-state index in [1.54, 1.807) is 13.8 Å². The van der Waals surface area contributed by atoms with Gasteiger partial charge >= 0.3 is 0 Å². The summed E-state index contributed by atoms with van der Waals surface area (Å²) in [5.74, 6) is -1.81. The number of unbranched alkanes of at least 4 members (excludes halogenated alkanes) is 5. The van der Waals surface area contributed by atoms with Gasteiger partial charge in [-0.3, -0.25) is 5.41 Å². The van der Waals surface area contributed by atoms with Gasteiger partial charge in [0.1, 0.15) is 48.8 Å². The largest absolute Gasteiger partial charge is 0.445 e. The first-order chi connectivity index (χ1) is 29.7. The molecule has 14 atom stereocenters. The Balaban J connectivity index is 1.66. The maximum absolute atomic E-state index is 9.79. The number of rotatable bonds is 27. The fourth-order valence-corrected chi connectivity index (χ4v) is 7.79. The lowest BCUT2D eigenvalue weighted by atomic mass is 9.95. The zero-order valence-electron chi connectivity index (χ0n) is 37.9. The number of nitrogens with zero attached hydrogens (tertiary/aromatic N) is 3. The van der Waals surface area contributed by atoms with Gasteiger partial charge in [0.25, 0.3) is 3.79 Å². The van der Waals surface area contributed by atoms with E-state index < -0.39 is 95.3 Å². The molecular formula is C42H73Cl3N4O13. The smallest absolute Gasteiger partial charge is 0.265 e. The van der Waals surface area contributed by atoms with Crippen molar-refractivity contribution in [3.05, 3.63) is 10.4 Å². The van der Waals surface area contributed by atoms with E-state index in [0.717, 1.165) is 57.8 Å². The third kappa shape index (κ3) is 15.6. The lowest BCUT2D eigenvalue weighted by Gasteiger charge is -2.48. The number of fused-ring (bicyclic) bond motifs is 1. The molecule has 17 nitrogen and oxygen atoms in total. The molecule has 4 saturated heterocycles. The van der Waals surface area contributed by atoms with Gasteiger partial charge in [0.15, 0.2) is 18.4 Å². The Morgan fingerprint density at radius 2 is 1.26 bits per heavy atom. The Hall–Kier alpha value is -0.830. The zero-order valence-corrected chi connectivity index (χ0v) is 40.2. The number of alkyl halides is 3. The van der Waals surface area contributed by atoms with Crippen LogP contribution in [0.2, 0.25) is 0 Å². The van der Waals surface area contributed by atoms with Gasteiger partial charge in [-0.25, -0.2) is 0 Å². The molecule has 0 radical (unpaired) electrons. The van der Waals surface area contributed by atoms with Crippen molar-refractivity contribution < 1.29 is 61.6 Å². The molecule has 0 aliphatic carbocycles. The number of halogens is 3. The van der Waals surface area contributed by atoms with Crippen molar-refractivity contribution in [1.82, 2.24) is 0 Å². The number of hydrogen-bond acceptors (Lipinski definition) is 15. The van der Waals surface area contributed by atoms with Gasteiger partial charge in [-0.05, 0) is 58.4 Å². The summed E-state index contributed by atoms with van der Waals surface area (Å²) in [5, 5.41) is 12.6. The molecule has 0 saturated carbocycles. The molecular weight excluding hydrogens is 875 g/mol. The summed E-state index contributed by atoms with van der Waals surface area (Å²) < 4.78 is 81.7. The van der Waals surface area contributed by atoms with E-state index in [4.69, 9.17) is 102 Å². The molecule has 1 N–H and O–H groups in total. The second kappa shape index (κ2) is 27.1. The van der Waals surface area contributed by atoms with Crippen LogP contribution in [0, 0.1) is 5.41 Å². The van der Waals surface area contributed by atoms with Crippen LogP contribution >= 0.6 is 34.8 Å². The molecule has 0 spiro atoms. The number of azide groups is 1. The lowest BCUT2D eigenvalue weighted by molar-refractivity contribution is -0.361. The van der Waals surface area contributed by atoms with E-state index in [2.05, 4.69) is 30.8 Å². The molecule has 0 aromatic heterocycles. The lowest BCUT2D eigenvalue weighted by Crippen LogP contribution is -2.65. The third-order valence-electron chi connectivity index (χ3n) is 11.0. The Kier molecular flexibility index (Phi) is 23.5. The standard InChI is InChI=1S/C42H73Cl3N4O13/c1-9-14-19-50-24-27-29(48-49-47)32(53-22-17-12-4)35(38(57-27)60-40(46)42(43,44)45)59-39-36-33(61-41(7,8)62-36)30(26(6)56-39)58-37-34(54-23-18-13-5)31(52-21-16-11-3)28(25-55-37)51-20-15-10-2/h26-39,46H,9-25H2,1-8H3/t26-,27-,28-,29+,30+,31?,32?,33?,34?,35?,36?,37+,38-,39+/m1/s1. The van der Waals surface area contributed by atoms with Crippen molar-refractivity contribution in [3.63, 3.8) is 0 Å². The van der Waals surface area contributed by atoms with Gasteiger partial charge in [-0.15, -0.1) is 0 Å². The molecule has 20 heteroatoms. The Morgan fingerprint density at radius 1 is 0.710 bits per heavy atom. The predicted molar refractivity (Wildman–Crippen MR) is 233 cm³/mol. The highest BCUT2D eigenvalue weighted by molar-refractivity contribution is 6.76. The van der Waals surface area contributed by atoms with Gasteiger partial charge in [0.2, 0.25) is 12.2 Å². The van der Waals surface area contributed by atoms with E-state index in [0.29, 0.717) is 32.8 Å². The van der Waals surface area contributed by atoms with E-state index in [9.17, 15) is 5.53 Å². The zero-order chi connectivity index (χ0) is 45.3. The number of hydrogen-bond donors (Lipinski definition) is 1. The summed E-state index contributed by atoms with van der Waals surface area (Å²) in [4.78, 5) is 3.14. The molecule has 0 aromatic rings. The maximum Gasteiger partial charge on any atom is 0.265 e. The Labute approximate surface area is 383 Å². The van der Waals surface area contributed by atoms with Crippen molar-refractivity contribution in [2.45, 2.75) is 215 Å². The van der Waals surface area contributed by atoms with Crippen LogP contribution in [0.25, 0.3) is 10.4 Å². The highest BCUT2D eigenvalue weighted by Crippen LogP contribution is 2.42. The number of nitrogens with one attached hydrogen (secondary N) is 1. The molecule has 4 aliphatic rings. The first-order valence-corrected chi connectivity index (χ1v) is 23.9. The van der Waals surface area contributed by atoms with Crippen molar-refractivity contribution in [3.8, 4) is 0 Å². The predicted octanol–water partition coefficient (Wildman–Crippen LogP) is 8.70. The molecule has 0 bridgehead atoms. The van der Waals surface area contributed by atoms with Gasteiger partial charge in [-0.1, -0.05) is 107 Å².